The minimum absolute atomic E-state index is 0.777. The summed E-state index contributed by atoms with van der Waals surface area (Å²) in [6.07, 6.45) is 6.34. The zero-order valence-corrected chi connectivity index (χ0v) is 11.2. The van der Waals surface area contributed by atoms with Crippen LogP contribution < -0.4 is 5.73 Å². The van der Waals surface area contributed by atoms with Crippen molar-refractivity contribution in [3.63, 3.8) is 0 Å². The second kappa shape index (κ2) is 4.54. The summed E-state index contributed by atoms with van der Waals surface area (Å²) in [7, 11) is 0. The van der Waals surface area contributed by atoms with Gasteiger partial charge in [-0.2, -0.15) is 11.8 Å². The molecule has 3 rings (SSSR count). The zero-order chi connectivity index (χ0) is 11.8. The third kappa shape index (κ3) is 2.06. The summed E-state index contributed by atoms with van der Waals surface area (Å²) in [5, 5.41) is 0.876. The van der Waals surface area contributed by atoms with Crippen molar-refractivity contribution in [1.29, 1.82) is 0 Å². The molecule has 1 saturated carbocycles. The highest BCUT2D eigenvalue weighted by Crippen LogP contribution is 2.36. The van der Waals surface area contributed by atoms with E-state index in [0.29, 0.717) is 0 Å². The number of thioether (sulfide) groups is 1. The zero-order valence-electron chi connectivity index (χ0n) is 10.4. The van der Waals surface area contributed by atoms with Crippen molar-refractivity contribution in [2.45, 2.75) is 43.6 Å². The Labute approximate surface area is 108 Å². The highest BCUT2D eigenvalue weighted by molar-refractivity contribution is 7.99. The van der Waals surface area contributed by atoms with Gasteiger partial charge in [-0.1, -0.05) is 12.1 Å². The lowest BCUT2D eigenvalue weighted by atomic mass is 10.1. The van der Waals surface area contributed by atoms with E-state index in [1.807, 2.05) is 17.8 Å². The topological polar surface area (TPSA) is 29.3 Å². The van der Waals surface area contributed by atoms with E-state index in [4.69, 9.17) is 5.73 Å². The van der Waals surface area contributed by atoms with Crippen LogP contribution in [0.1, 0.15) is 30.4 Å². The molecule has 2 N–H and O–H groups in total. The lowest BCUT2D eigenvalue weighted by Gasteiger charge is -2.23. The van der Waals surface area contributed by atoms with Gasteiger partial charge in [0.2, 0.25) is 0 Å². The van der Waals surface area contributed by atoms with Crippen LogP contribution in [0.25, 0.3) is 0 Å². The summed E-state index contributed by atoms with van der Waals surface area (Å²) in [6, 6.07) is 7.12. The lowest BCUT2D eigenvalue weighted by Crippen LogP contribution is -2.28. The van der Waals surface area contributed by atoms with Crippen molar-refractivity contribution in [3.8, 4) is 0 Å². The Hall–Kier alpha value is -0.670. The molecular formula is C14H20N2S. The monoisotopic (exact) mass is 248 g/mol. The first kappa shape index (κ1) is 11.4. The molecule has 1 aromatic carbocycles. The molecule has 1 aliphatic heterocycles. The van der Waals surface area contributed by atoms with E-state index in [0.717, 1.165) is 30.1 Å². The molecule has 0 radical (unpaired) electrons. The standard InChI is InChI=1S/C14H20N2S/c1-17-12-6-5-11(7-12)16-8-10-3-2-4-14(15)13(10)9-16/h2-4,11-12H,5-9,15H2,1H3. The molecule has 3 heteroatoms. The van der Waals surface area contributed by atoms with Crippen LogP contribution in [-0.4, -0.2) is 22.4 Å². The van der Waals surface area contributed by atoms with Gasteiger partial charge in [0.05, 0.1) is 0 Å². The molecule has 1 heterocycles. The van der Waals surface area contributed by atoms with Crippen molar-refractivity contribution < 1.29 is 0 Å². The molecule has 2 unspecified atom stereocenters. The highest BCUT2D eigenvalue weighted by Gasteiger charge is 2.32. The van der Waals surface area contributed by atoms with Crippen molar-refractivity contribution in [1.82, 2.24) is 4.90 Å². The number of anilines is 1. The van der Waals surface area contributed by atoms with Gasteiger partial charge in [-0.05, 0) is 42.7 Å². The smallest absolute Gasteiger partial charge is 0.0363 e. The quantitative estimate of drug-likeness (QED) is 0.816. The van der Waals surface area contributed by atoms with Crippen molar-refractivity contribution >= 4 is 17.4 Å². The molecule has 0 saturated heterocycles. The average molecular weight is 248 g/mol. The molecular weight excluding hydrogens is 228 g/mol. The fourth-order valence-corrected chi connectivity index (χ4v) is 3.98. The fraction of sp³-hybridized carbons (Fsp3) is 0.571. The maximum Gasteiger partial charge on any atom is 0.0363 e. The minimum atomic E-state index is 0.777. The summed E-state index contributed by atoms with van der Waals surface area (Å²) in [5.41, 5.74) is 9.85. The first-order chi connectivity index (χ1) is 8.28. The second-order valence-electron chi connectivity index (χ2n) is 5.21. The Bertz CT molecular complexity index is 419. The molecule has 0 bridgehead atoms. The molecule has 17 heavy (non-hydrogen) atoms. The van der Waals surface area contributed by atoms with Crippen LogP contribution in [0.4, 0.5) is 5.69 Å². The number of nitrogens with zero attached hydrogens (tertiary/aromatic N) is 1. The van der Waals surface area contributed by atoms with Gasteiger partial charge in [0.25, 0.3) is 0 Å². The minimum Gasteiger partial charge on any atom is -0.398 e. The van der Waals surface area contributed by atoms with E-state index in [1.54, 1.807) is 0 Å². The van der Waals surface area contributed by atoms with E-state index in [-0.39, 0.29) is 0 Å². The predicted octanol–water partition coefficient (Wildman–Crippen LogP) is 2.87. The largest absolute Gasteiger partial charge is 0.398 e. The molecule has 2 atom stereocenters. The number of fused-ring (bicyclic) bond motifs is 1. The Morgan fingerprint density at radius 3 is 2.88 bits per heavy atom. The average Bonchev–Trinajstić information content (AvgIpc) is 2.95. The molecule has 1 aromatic rings. The molecule has 92 valence electrons. The molecule has 1 aliphatic carbocycles. The Morgan fingerprint density at radius 1 is 1.29 bits per heavy atom. The number of hydrogen-bond acceptors (Lipinski definition) is 3. The van der Waals surface area contributed by atoms with Gasteiger partial charge in [0.15, 0.2) is 0 Å². The third-order valence-electron chi connectivity index (χ3n) is 4.25. The SMILES string of the molecule is CSC1CCC(N2Cc3cccc(N)c3C2)C1. The van der Waals surface area contributed by atoms with E-state index < -0.39 is 0 Å². The van der Waals surface area contributed by atoms with Crippen molar-refractivity contribution in [3.05, 3.63) is 29.3 Å². The Morgan fingerprint density at radius 2 is 2.18 bits per heavy atom. The first-order valence-electron chi connectivity index (χ1n) is 6.41. The molecule has 1 fully saturated rings. The lowest BCUT2D eigenvalue weighted by molar-refractivity contribution is 0.202. The normalized spacial score (nSPS) is 28.5. The first-order valence-corrected chi connectivity index (χ1v) is 7.70. The van der Waals surface area contributed by atoms with Gasteiger partial charge >= 0.3 is 0 Å². The summed E-state index contributed by atoms with van der Waals surface area (Å²) in [4.78, 5) is 2.62. The van der Waals surface area contributed by atoms with Gasteiger partial charge in [0, 0.05) is 30.1 Å². The van der Waals surface area contributed by atoms with Gasteiger partial charge in [-0.15, -0.1) is 0 Å². The maximum absolute atomic E-state index is 6.06. The van der Waals surface area contributed by atoms with Gasteiger partial charge in [0.1, 0.15) is 0 Å². The van der Waals surface area contributed by atoms with Gasteiger partial charge in [-0.3, -0.25) is 4.90 Å². The summed E-state index contributed by atoms with van der Waals surface area (Å²) < 4.78 is 0. The predicted molar refractivity (Wildman–Crippen MR) is 75.0 cm³/mol. The van der Waals surface area contributed by atoms with Crippen LogP contribution >= 0.6 is 11.8 Å². The molecule has 2 aliphatic rings. The number of benzene rings is 1. The Kier molecular flexibility index (Phi) is 3.05. The van der Waals surface area contributed by atoms with E-state index in [1.165, 1.54) is 30.4 Å². The van der Waals surface area contributed by atoms with E-state index >= 15 is 0 Å². The van der Waals surface area contributed by atoms with Crippen LogP contribution in [0.2, 0.25) is 0 Å². The van der Waals surface area contributed by atoms with E-state index in [9.17, 15) is 0 Å². The number of hydrogen-bond donors (Lipinski definition) is 1. The Balaban J connectivity index is 1.72. The van der Waals surface area contributed by atoms with E-state index in [2.05, 4.69) is 23.3 Å². The molecule has 0 spiro atoms. The van der Waals surface area contributed by atoms with Crippen LogP contribution in [0, 0.1) is 0 Å². The van der Waals surface area contributed by atoms with Crippen LogP contribution in [0.3, 0.4) is 0 Å². The summed E-state index contributed by atoms with van der Waals surface area (Å²) >= 11 is 2.03. The summed E-state index contributed by atoms with van der Waals surface area (Å²) in [6.45, 7) is 2.17. The van der Waals surface area contributed by atoms with Gasteiger partial charge in [-0.25, -0.2) is 0 Å². The van der Waals surface area contributed by atoms with Gasteiger partial charge < -0.3 is 5.73 Å². The molecule has 2 nitrogen and oxygen atoms in total. The third-order valence-corrected chi connectivity index (χ3v) is 5.35. The number of rotatable bonds is 2. The van der Waals surface area contributed by atoms with Crippen LogP contribution in [0.15, 0.2) is 18.2 Å². The van der Waals surface area contributed by atoms with Crippen LogP contribution in [0.5, 0.6) is 0 Å². The molecule has 0 amide bonds. The number of nitrogen functional groups attached to an aromatic ring is 1. The molecule has 0 aromatic heterocycles. The fourth-order valence-electron chi connectivity index (χ4n) is 3.19. The summed E-state index contributed by atoms with van der Waals surface area (Å²) in [5.74, 6) is 0. The van der Waals surface area contributed by atoms with Crippen LogP contribution in [-0.2, 0) is 13.1 Å². The maximum atomic E-state index is 6.06. The van der Waals surface area contributed by atoms with Crippen molar-refractivity contribution in [2.75, 3.05) is 12.0 Å². The number of nitrogens with two attached hydrogens (primary N) is 1. The van der Waals surface area contributed by atoms with Crippen molar-refractivity contribution in [2.24, 2.45) is 0 Å². The second-order valence-corrected chi connectivity index (χ2v) is 6.35. The highest BCUT2D eigenvalue weighted by atomic mass is 32.2.